The fraction of sp³-hybridized carbons (Fsp3) is 0.263. The number of esters is 1. The maximum atomic E-state index is 14.5. The van der Waals surface area contributed by atoms with Crippen LogP contribution in [0, 0.1) is 5.82 Å². The number of carbonyl (C=O) groups is 2. The van der Waals surface area contributed by atoms with Gasteiger partial charge in [-0.05, 0) is 45.0 Å². The average molecular weight is 409 g/mol. The van der Waals surface area contributed by atoms with Gasteiger partial charge < -0.3 is 9.47 Å². The van der Waals surface area contributed by atoms with Gasteiger partial charge in [0.15, 0.2) is 0 Å². The molecule has 0 N–H and O–H groups in total. The SMILES string of the molecule is CC(=O)Oc1ccc(F)c(N(C(=O)OC(C)(C)C)S(=O)(=O)c2ccccc2)c1. The van der Waals surface area contributed by atoms with E-state index in [9.17, 15) is 22.4 Å². The predicted octanol–water partition coefficient (Wildman–Crippen LogP) is 3.88. The van der Waals surface area contributed by atoms with Crippen LogP contribution >= 0.6 is 0 Å². The molecule has 0 aliphatic carbocycles. The van der Waals surface area contributed by atoms with Crippen molar-refractivity contribution in [1.29, 1.82) is 0 Å². The minimum Gasteiger partial charge on any atom is -0.443 e. The maximum absolute atomic E-state index is 14.5. The summed E-state index contributed by atoms with van der Waals surface area (Å²) in [5.41, 5.74) is -1.66. The number of benzene rings is 2. The fourth-order valence-corrected chi connectivity index (χ4v) is 3.55. The maximum Gasteiger partial charge on any atom is 0.429 e. The lowest BCUT2D eigenvalue weighted by Crippen LogP contribution is -2.41. The van der Waals surface area contributed by atoms with Crippen molar-refractivity contribution in [3.05, 3.63) is 54.3 Å². The molecule has 0 spiro atoms. The van der Waals surface area contributed by atoms with Crippen molar-refractivity contribution < 1.29 is 31.9 Å². The molecule has 0 unspecified atom stereocenters. The van der Waals surface area contributed by atoms with Crippen LogP contribution in [-0.2, 0) is 19.6 Å². The van der Waals surface area contributed by atoms with Gasteiger partial charge in [-0.3, -0.25) is 4.79 Å². The molecule has 9 heteroatoms. The molecule has 0 fully saturated rings. The highest BCUT2D eigenvalue weighted by molar-refractivity contribution is 7.93. The molecule has 0 radical (unpaired) electrons. The van der Waals surface area contributed by atoms with E-state index in [1.807, 2.05) is 0 Å². The van der Waals surface area contributed by atoms with Crippen LogP contribution in [0.4, 0.5) is 14.9 Å². The van der Waals surface area contributed by atoms with Crippen LogP contribution in [-0.4, -0.2) is 26.1 Å². The minimum absolute atomic E-state index is 0.124. The van der Waals surface area contributed by atoms with Gasteiger partial charge in [-0.1, -0.05) is 18.2 Å². The van der Waals surface area contributed by atoms with Gasteiger partial charge in [-0.15, -0.1) is 0 Å². The number of hydrogen-bond donors (Lipinski definition) is 0. The second-order valence-corrected chi connectivity index (χ2v) is 8.56. The van der Waals surface area contributed by atoms with Gasteiger partial charge in [0.05, 0.1) is 4.90 Å². The molecule has 0 aromatic heterocycles. The first kappa shape index (κ1) is 21.4. The summed E-state index contributed by atoms with van der Waals surface area (Å²) in [7, 11) is -4.52. The molecule has 0 saturated heterocycles. The summed E-state index contributed by atoms with van der Waals surface area (Å²) < 4.78 is 51.0. The van der Waals surface area contributed by atoms with E-state index in [1.54, 1.807) is 26.8 Å². The number of nitrogens with zero attached hydrogens (tertiary/aromatic N) is 1. The molecule has 0 aliphatic rings. The van der Waals surface area contributed by atoms with E-state index in [2.05, 4.69) is 0 Å². The van der Waals surface area contributed by atoms with E-state index in [0.717, 1.165) is 25.1 Å². The van der Waals surface area contributed by atoms with Crippen LogP contribution in [0.2, 0.25) is 0 Å². The molecule has 0 bridgehead atoms. The lowest BCUT2D eigenvalue weighted by molar-refractivity contribution is -0.131. The molecule has 7 nitrogen and oxygen atoms in total. The van der Waals surface area contributed by atoms with Crippen LogP contribution in [0.1, 0.15) is 27.7 Å². The number of amides is 1. The Morgan fingerprint density at radius 3 is 2.18 bits per heavy atom. The molecule has 150 valence electrons. The number of hydrogen-bond acceptors (Lipinski definition) is 6. The Labute approximate surface area is 162 Å². The van der Waals surface area contributed by atoms with Gasteiger partial charge in [0, 0.05) is 13.0 Å². The summed E-state index contributed by atoms with van der Waals surface area (Å²) in [4.78, 5) is 23.7. The van der Waals surface area contributed by atoms with Crippen LogP contribution in [0.15, 0.2) is 53.4 Å². The summed E-state index contributed by atoms with van der Waals surface area (Å²) in [5.74, 6) is -1.82. The first-order chi connectivity index (χ1) is 12.9. The first-order valence-corrected chi connectivity index (χ1v) is 9.67. The van der Waals surface area contributed by atoms with Gasteiger partial charge in [-0.2, -0.15) is 4.31 Å². The van der Waals surface area contributed by atoms with Crippen molar-refractivity contribution in [2.24, 2.45) is 0 Å². The van der Waals surface area contributed by atoms with Crippen molar-refractivity contribution in [1.82, 2.24) is 0 Å². The Morgan fingerprint density at radius 1 is 1.04 bits per heavy atom. The predicted molar refractivity (Wildman–Crippen MR) is 100 cm³/mol. The van der Waals surface area contributed by atoms with Crippen LogP contribution in [0.5, 0.6) is 5.75 Å². The van der Waals surface area contributed by atoms with Crippen LogP contribution in [0.25, 0.3) is 0 Å². The third kappa shape index (κ3) is 5.07. The Kier molecular flexibility index (Phi) is 6.08. The Morgan fingerprint density at radius 2 is 1.64 bits per heavy atom. The van der Waals surface area contributed by atoms with E-state index in [1.165, 1.54) is 24.3 Å². The fourth-order valence-electron chi connectivity index (χ4n) is 2.20. The summed E-state index contributed by atoms with van der Waals surface area (Å²) in [6, 6.07) is 10.0. The van der Waals surface area contributed by atoms with E-state index in [-0.39, 0.29) is 15.0 Å². The zero-order valence-electron chi connectivity index (χ0n) is 15.8. The number of sulfonamides is 1. The van der Waals surface area contributed by atoms with Crippen molar-refractivity contribution in [2.75, 3.05) is 4.31 Å². The molecule has 1 amide bonds. The third-order valence-electron chi connectivity index (χ3n) is 3.24. The highest BCUT2D eigenvalue weighted by Gasteiger charge is 2.36. The molecule has 28 heavy (non-hydrogen) atoms. The number of rotatable bonds is 4. The molecule has 2 aromatic carbocycles. The van der Waals surface area contributed by atoms with Gasteiger partial charge in [-0.25, -0.2) is 17.6 Å². The zero-order valence-corrected chi connectivity index (χ0v) is 16.6. The first-order valence-electron chi connectivity index (χ1n) is 8.23. The van der Waals surface area contributed by atoms with Crippen LogP contribution in [0.3, 0.4) is 0 Å². The Hall–Kier alpha value is -2.94. The van der Waals surface area contributed by atoms with E-state index in [0.29, 0.717) is 0 Å². The molecular weight excluding hydrogens is 389 g/mol. The monoisotopic (exact) mass is 409 g/mol. The van der Waals surface area contributed by atoms with Crippen molar-refractivity contribution >= 4 is 27.8 Å². The number of carbonyl (C=O) groups excluding carboxylic acids is 2. The summed E-state index contributed by atoms with van der Waals surface area (Å²) in [6.45, 7) is 5.77. The van der Waals surface area contributed by atoms with Gasteiger partial charge in [0.25, 0.3) is 10.0 Å². The minimum atomic E-state index is -4.52. The molecule has 0 heterocycles. The Bertz CT molecular complexity index is 983. The summed E-state index contributed by atoms with van der Waals surface area (Å²) in [5, 5.41) is 0. The molecular formula is C19H20FNO6S. The van der Waals surface area contributed by atoms with Gasteiger partial charge >= 0.3 is 12.1 Å². The highest BCUT2D eigenvalue weighted by atomic mass is 32.2. The molecule has 0 saturated carbocycles. The largest absolute Gasteiger partial charge is 0.443 e. The molecule has 0 atom stereocenters. The number of anilines is 1. The normalized spacial score (nSPS) is 11.6. The number of ether oxygens (including phenoxy) is 2. The molecule has 2 rings (SSSR count). The lowest BCUT2D eigenvalue weighted by Gasteiger charge is -2.27. The number of halogens is 1. The third-order valence-corrected chi connectivity index (χ3v) is 4.93. The summed E-state index contributed by atoms with van der Waals surface area (Å²) >= 11 is 0. The zero-order chi connectivity index (χ0) is 21.1. The van der Waals surface area contributed by atoms with Gasteiger partial charge in [0.2, 0.25) is 0 Å². The molecule has 0 aliphatic heterocycles. The second-order valence-electron chi connectivity index (χ2n) is 6.77. The quantitative estimate of drug-likeness (QED) is 0.562. The standard InChI is InChI=1S/C19H20FNO6S/c1-13(22)26-14-10-11-16(20)17(12-14)21(18(23)27-19(2,3)4)28(24,25)15-8-6-5-7-9-15/h5-12H,1-4H3. The highest BCUT2D eigenvalue weighted by Crippen LogP contribution is 2.31. The van der Waals surface area contributed by atoms with Crippen molar-refractivity contribution in [3.8, 4) is 5.75 Å². The summed E-state index contributed by atoms with van der Waals surface area (Å²) in [6.07, 6.45) is -1.30. The second kappa shape index (κ2) is 7.97. The topological polar surface area (TPSA) is 90.0 Å². The van der Waals surface area contributed by atoms with Crippen molar-refractivity contribution in [2.45, 2.75) is 38.2 Å². The smallest absolute Gasteiger partial charge is 0.429 e. The van der Waals surface area contributed by atoms with Crippen molar-refractivity contribution in [3.63, 3.8) is 0 Å². The Balaban J connectivity index is 2.66. The van der Waals surface area contributed by atoms with E-state index in [4.69, 9.17) is 9.47 Å². The molecule has 2 aromatic rings. The van der Waals surface area contributed by atoms with Gasteiger partial charge in [0.1, 0.15) is 22.9 Å². The average Bonchev–Trinajstić information content (AvgIpc) is 2.56. The van der Waals surface area contributed by atoms with E-state index < -0.39 is 39.2 Å². The van der Waals surface area contributed by atoms with E-state index >= 15 is 0 Å². The lowest BCUT2D eigenvalue weighted by atomic mass is 10.2. The van der Waals surface area contributed by atoms with Crippen LogP contribution < -0.4 is 9.04 Å².